The van der Waals surface area contributed by atoms with Crippen LogP contribution >= 0.6 is 34.5 Å². The van der Waals surface area contributed by atoms with Crippen LogP contribution in [0.2, 0.25) is 9.49 Å². The van der Waals surface area contributed by atoms with Gasteiger partial charge in [-0.15, -0.1) is 11.3 Å². The van der Waals surface area contributed by atoms with Gasteiger partial charge in [0.1, 0.15) is 17.3 Å². The van der Waals surface area contributed by atoms with Gasteiger partial charge in [0.15, 0.2) is 0 Å². The Morgan fingerprint density at radius 2 is 2.06 bits per heavy atom. The van der Waals surface area contributed by atoms with Crippen LogP contribution in [-0.2, 0) is 0 Å². The first-order chi connectivity index (χ1) is 8.08. The van der Waals surface area contributed by atoms with Gasteiger partial charge < -0.3 is 5.32 Å². The molecule has 0 radical (unpaired) electrons. The van der Waals surface area contributed by atoms with Gasteiger partial charge in [0.2, 0.25) is 0 Å². The molecule has 0 bridgehead atoms. The second kappa shape index (κ2) is 5.21. The van der Waals surface area contributed by atoms with Gasteiger partial charge in [-0.3, -0.25) is 0 Å². The van der Waals surface area contributed by atoms with Crippen molar-refractivity contribution in [2.45, 2.75) is 19.9 Å². The van der Waals surface area contributed by atoms with E-state index < -0.39 is 0 Å². The molecular weight excluding hydrogens is 277 g/mol. The fraction of sp³-hybridized carbons (Fsp3) is 0.273. The van der Waals surface area contributed by atoms with E-state index in [0.29, 0.717) is 5.15 Å². The molecule has 0 fully saturated rings. The zero-order chi connectivity index (χ0) is 12.4. The van der Waals surface area contributed by atoms with E-state index in [-0.39, 0.29) is 6.04 Å². The number of halogens is 2. The number of anilines is 1. The quantitative estimate of drug-likeness (QED) is 0.854. The molecule has 0 saturated heterocycles. The van der Waals surface area contributed by atoms with Gasteiger partial charge >= 0.3 is 0 Å². The molecule has 0 spiro atoms. The number of aromatic nitrogens is 2. The van der Waals surface area contributed by atoms with Gasteiger partial charge in [0.05, 0.1) is 10.4 Å². The maximum Gasteiger partial charge on any atom is 0.137 e. The van der Waals surface area contributed by atoms with Gasteiger partial charge in [-0.1, -0.05) is 23.2 Å². The summed E-state index contributed by atoms with van der Waals surface area (Å²) in [5, 5.41) is 3.77. The largest absolute Gasteiger partial charge is 0.362 e. The van der Waals surface area contributed by atoms with E-state index in [9.17, 15) is 0 Å². The van der Waals surface area contributed by atoms with Crippen LogP contribution in [0.4, 0.5) is 5.82 Å². The third-order valence-corrected chi connectivity index (χ3v) is 4.19. The maximum atomic E-state index is 5.94. The van der Waals surface area contributed by atoms with Crippen LogP contribution in [0.15, 0.2) is 18.5 Å². The van der Waals surface area contributed by atoms with Crippen LogP contribution < -0.4 is 5.32 Å². The number of thiophene rings is 1. The molecule has 6 heteroatoms. The van der Waals surface area contributed by atoms with Crippen molar-refractivity contribution in [3.8, 4) is 0 Å². The lowest BCUT2D eigenvalue weighted by Crippen LogP contribution is -2.08. The molecule has 0 aromatic carbocycles. The lowest BCUT2D eigenvalue weighted by Gasteiger charge is -2.14. The molecule has 90 valence electrons. The van der Waals surface area contributed by atoms with Crippen LogP contribution in [0.5, 0.6) is 0 Å². The first-order valence-electron chi connectivity index (χ1n) is 5.07. The number of rotatable bonds is 3. The van der Waals surface area contributed by atoms with E-state index in [2.05, 4.69) is 22.2 Å². The molecule has 2 rings (SSSR count). The summed E-state index contributed by atoms with van der Waals surface area (Å²) >= 11 is 13.4. The Morgan fingerprint density at radius 1 is 1.29 bits per heavy atom. The summed E-state index contributed by atoms with van der Waals surface area (Å²) in [4.78, 5) is 9.25. The van der Waals surface area contributed by atoms with Crippen molar-refractivity contribution in [2.75, 3.05) is 5.32 Å². The highest BCUT2D eigenvalue weighted by atomic mass is 35.5. The Hall–Kier alpha value is -0.840. The second-order valence-corrected chi connectivity index (χ2v) is 5.75. The van der Waals surface area contributed by atoms with Gasteiger partial charge in [0, 0.05) is 10.4 Å². The number of hydrogen-bond donors (Lipinski definition) is 1. The summed E-state index contributed by atoms with van der Waals surface area (Å²) in [6, 6.07) is 4.03. The predicted molar refractivity (Wildman–Crippen MR) is 73.1 cm³/mol. The smallest absolute Gasteiger partial charge is 0.137 e. The zero-order valence-corrected chi connectivity index (χ0v) is 11.7. The standard InChI is InChI=1S/C11H11Cl2N3S/c1-6-10(13)14-5-15-11(6)16-7(2)8-3-4-9(12)17-8/h3-5,7H,1-2H3,(H,14,15,16). The summed E-state index contributed by atoms with van der Waals surface area (Å²) < 4.78 is 0.783. The van der Waals surface area contributed by atoms with Crippen molar-refractivity contribution < 1.29 is 0 Å². The lowest BCUT2D eigenvalue weighted by molar-refractivity contribution is 0.888. The minimum absolute atomic E-state index is 0.136. The second-order valence-electron chi connectivity index (χ2n) is 3.65. The number of hydrogen-bond acceptors (Lipinski definition) is 4. The first kappa shape index (κ1) is 12.6. The van der Waals surface area contributed by atoms with E-state index in [1.54, 1.807) is 11.3 Å². The van der Waals surface area contributed by atoms with Crippen molar-refractivity contribution in [1.82, 2.24) is 9.97 Å². The molecular formula is C11H11Cl2N3S. The lowest BCUT2D eigenvalue weighted by atomic mass is 10.2. The summed E-state index contributed by atoms with van der Waals surface area (Å²) in [6.07, 6.45) is 1.45. The first-order valence-corrected chi connectivity index (χ1v) is 6.64. The average molecular weight is 288 g/mol. The van der Waals surface area contributed by atoms with Gasteiger partial charge in [-0.2, -0.15) is 0 Å². The highest BCUT2D eigenvalue weighted by Crippen LogP contribution is 2.29. The molecule has 1 N–H and O–H groups in total. The molecule has 0 aliphatic heterocycles. The third kappa shape index (κ3) is 2.89. The minimum atomic E-state index is 0.136. The molecule has 2 aromatic rings. The highest BCUT2D eigenvalue weighted by molar-refractivity contribution is 7.16. The van der Waals surface area contributed by atoms with Crippen molar-refractivity contribution >= 4 is 40.4 Å². The van der Waals surface area contributed by atoms with Crippen LogP contribution in [0, 0.1) is 6.92 Å². The Morgan fingerprint density at radius 3 is 2.71 bits per heavy atom. The van der Waals surface area contributed by atoms with Crippen molar-refractivity contribution in [2.24, 2.45) is 0 Å². The Balaban J connectivity index is 2.18. The van der Waals surface area contributed by atoms with E-state index in [4.69, 9.17) is 23.2 Å². The molecule has 1 atom stereocenters. The molecule has 0 amide bonds. The third-order valence-electron chi connectivity index (χ3n) is 2.40. The van der Waals surface area contributed by atoms with Crippen molar-refractivity contribution in [1.29, 1.82) is 0 Å². The van der Waals surface area contributed by atoms with Gasteiger partial charge in [-0.25, -0.2) is 9.97 Å². The van der Waals surface area contributed by atoms with E-state index in [1.807, 2.05) is 19.1 Å². The summed E-state index contributed by atoms with van der Waals surface area (Å²) in [5.74, 6) is 0.752. The summed E-state index contributed by atoms with van der Waals surface area (Å²) in [5.41, 5.74) is 0.851. The van der Waals surface area contributed by atoms with Gasteiger partial charge in [0.25, 0.3) is 0 Å². The summed E-state index contributed by atoms with van der Waals surface area (Å²) in [6.45, 7) is 3.94. The topological polar surface area (TPSA) is 37.8 Å². The summed E-state index contributed by atoms with van der Waals surface area (Å²) in [7, 11) is 0. The Kier molecular flexibility index (Phi) is 3.86. The highest BCUT2D eigenvalue weighted by Gasteiger charge is 2.11. The SMILES string of the molecule is Cc1c(Cl)ncnc1NC(C)c1ccc(Cl)s1. The molecule has 17 heavy (non-hydrogen) atoms. The van der Waals surface area contributed by atoms with E-state index in [0.717, 1.165) is 20.6 Å². The number of nitrogens with one attached hydrogen (secondary N) is 1. The minimum Gasteiger partial charge on any atom is -0.362 e. The van der Waals surface area contributed by atoms with Crippen molar-refractivity contribution in [3.05, 3.63) is 38.4 Å². The molecule has 1 unspecified atom stereocenters. The van der Waals surface area contributed by atoms with Crippen molar-refractivity contribution in [3.63, 3.8) is 0 Å². The molecule has 2 aromatic heterocycles. The molecule has 0 saturated carbocycles. The Bertz CT molecular complexity index is 527. The molecule has 0 aliphatic carbocycles. The maximum absolute atomic E-state index is 5.94. The van der Waals surface area contributed by atoms with Crippen LogP contribution in [0.25, 0.3) is 0 Å². The fourth-order valence-electron chi connectivity index (χ4n) is 1.41. The van der Waals surface area contributed by atoms with E-state index >= 15 is 0 Å². The molecule has 2 heterocycles. The normalized spacial score (nSPS) is 12.5. The van der Waals surface area contributed by atoms with Crippen LogP contribution in [0.3, 0.4) is 0 Å². The van der Waals surface area contributed by atoms with Crippen LogP contribution in [0.1, 0.15) is 23.4 Å². The fourth-order valence-corrected chi connectivity index (χ4v) is 2.61. The molecule has 3 nitrogen and oxygen atoms in total. The van der Waals surface area contributed by atoms with Gasteiger partial charge in [-0.05, 0) is 26.0 Å². The van der Waals surface area contributed by atoms with Crippen LogP contribution in [-0.4, -0.2) is 9.97 Å². The van der Waals surface area contributed by atoms with E-state index in [1.165, 1.54) is 6.33 Å². The monoisotopic (exact) mass is 287 g/mol. The Labute approximate surface area is 114 Å². The molecule has 0 aliphatic rings. The average Bonchev–Trinajstić information content (AvgIpc) is 2.72. The zero-order valence-electron chi connectivity index (χ0n) is 9.37. The predicted octanol–water partition coefficient (Wildman–Crippen LogP) is 4.33. The number of nitrogens with zero attached hydrogens (tertiary/aromatic N) is 2.